The smallest absolute Gasteiger partial charge is 0.0443 e. The predicted octanol–water partition coefficient (Wildman–Crippen LogP) is 1.11. The van der Waals surface area contributed by atoms with Gasteiger partial charge in [0.2, 0.25) is 0 Å². The number of aliphatic hydroxyl groups excluding tert-OH is 1. The molecule has 2 N–H and O–H groups in total. The van der Waals surface area contributed by atoms with Crippen molar-refractivity contribution in [1.82, 2.24) is 10.3 Å². The number of rotatable bonds is 5. The maximum atomic E-state index is 8.60. The number of pyridine rings is 1. The Balaban J connectivity index is 2.35. The maximum absolute atomic E-state index is 8.60. The lowest BCUT2D eigenvalue weighted by molar-refractivity contribution is 0.284. The molecule has 1 aromatic heterocycles. The molecule has 0 radical (unpaired) electrons. The van der Waals surface area contributed by atoms with Gasteiger partial charge in [-0.2, -0.15) is 0 Å². The van der Waals surface area contributed by atoms with Gasteiger partial charge in [0.15, 0.2) is 0 Å². The number of hydrogen-bond acceptors (Lipinski definition) is 3. The van der Waals surface area contributed by atoms with E-state index in [1.165, 1.54) is 5.56 Å². The van der Waals surface area contributed by atoms with Crippen LogP contribution in [0.15, 0.2) is 24.5 Å². The Morgan fingerprint density at radius 2 is 2.46 bits per heavy atom. The van der Waals surface area contributed by atoms with Crippen LogP contribution >= 0.6 is 0 Å². The average molecular weight is 180 g/mol. The molecule has 0 bridgehead atoms. The molecule has 13 heavy (non-hydrogen) atoms. The molecule has 3 nitrogen and oxygen atoms in total. The van der Waals surface area contributed by atoms with E-state index in [2.05, 4.69) is 17.2 Å². The molecular formula is C10H16N2O. The van der Waals surface area contributed by atoms with Crippen molar-refractivity contribution in [1.29, 1.82) is 0 Å². The van der Waals surface area contributed by atoms with Gasteiger partial charge >= 0.3 is 0 Å². The van der Waals surface area contributed by atoms with E-state index in [1.54, 1.807) is 6.20 Å². The highest BCUT2D eigenvalue weighted by molar-refractivity contribution is 5.12. The van der Waals surface area contributed by atoms with Gasteiger partial charge in [-0.15, -0.1) is 0 Å². The maximum Gasteiger partial charge on any atom is 0.0443 e. The van der Waals surface area contributed by atoms with E-state index in [1.807, 2.05) is 18.3 Å². The van der Waals surface area contributed by atoms with Crippen molar-refractivity contribution in [2.45, 2.75) is 19.4 Å². The van der Waals surface area contributed by atoms with E-state index < -0.39 is 0 Å². The van der Waals surface area contributed by atoms with Crippen molar-refractivity contribution >= 4 is 0 Å². The summed E-state index contributed by atoms with van der Waals surface area (Å²) in [4.78, 5) is 4.04. The van der Waals surface area contributed by atoms with Crippen LogP contribution in [0, 0.1) is 0 Å². The minimum absolute atomic E-state index is 0.243. The first kappa shape index (κ1) is 10.2. The van der Waals surface area contributed by atoms with Gasteiger partial charge in [-0.25, -0.2) is 0 Å². The fourth-order valence-corrected chi connectivity index (χ4v) is 1.15. The number of aromatic nitrogens is 1. The van der Waals surface area contributed by atoms with E-state index >= 15 is 0 Å². The lowest BCUT2D eigenvalue weighted by Gasteiger charge is -2.12. The third-order valence-electron chi connectivity index (χ3n) is 1.97. The van der Waals surface area contributed by atoms with Crippen LogP contribution in [-0.2, 0) is 0 Å². The molecule has 1 aromatic rings. The van der Waals surface area contributed by atoms with Crippen molar-refractivity contribution in [2.24, 2.45) is 0 Å². The topological polar surface area (TPSA) is 45.1 Å². The molecule has 0 unspecified atom stereocenters. The van der Waals surface area contributed by atoms with Crippen molar-refractivity contribution in [3.05, 3.63) is 30.1 Å². The van der Waals surface area contributed by atoms with Gasteiger partial charge in [-0.3, -0.25) is 4.98 Å². The summed E-state index contributed by atoms with van der Waals surface area (Å²) in [5, 5.41) is 11.9. The molecule has 0 aliphatic carbocycles. The minimum Gasteiger partial charge on any atom is -0.396 e. The zero-order valence-electron chi connectivity index (χ0n) is 7.90. The van der Waals surface area contributed by atoms with E-state index in [0.29, 0.717) is 6.04 Å². The SMILES string of the molecule is C[C@@H](NCCCO)c1cccnc1. The third-order valence-corrected chi connectivity index (χ3v) is 1.97. The average Bonchev–Trinajstić information content (AvgIpc) is 2.19. The number of nitrogens with zero attached hydrogens (tertiary/aromatic N) is 1. The van der Waals surface area contributed by atoms with Crippen molar-refractivity contribution in [2.75, 3.05) is 13.2 Å². The Kier molecular flexibility index (Phi) is 4.43. The highest BCUT2D eigenvalue weighted by Crippen LogP contribution is 2.08. The van der Waals surface area contributed by atoms with Gasteiger partial charge in [-0.1, -0.05) is 6.07 Å². The standard InChI is InChI=1S/C10H16N2O/c1-9(12-6-3-7-13)10-4-2-5-11-8-10/h2,4-5,8-9,12-13H,3,6-7H2,1H3/t9-/m1/s1. The second-order valence-electron chi connectivity index (χ2n) is 3.04. The van der Waals surface area contributed by atoms with Crippen LogP contribution in [0.5, 0.6) is 0 Å². The van der Waals surface area contributed by atoms with Crippen LogP contribution in [0.1, 0.15) is 24.9 Å². The van der Waals surface area contributed by atoms with E-state index in [4.69, 9.17) is 5.11 Å². The molecule has 1 heterocycles. The Hall–Kier alpha value is -0.930. The van der Waals surface area contributed by atoms with Gasteiger partial charge in [0.05, 0.1) is 0 Å². The summed E-state index contributed by atoms with van der Waals surface area (Å²) in [7, 11) is 0. The molecular weight excluding hydrogens is 164 g/mol. The van der Waals surface area contributed by atoms with Crippen molar-refractivity contribution in [3.8, 4) is 0 Å². The van der Waals surface area contributed by atoms with Crippen molar-refractivity contribution < 1.29 is 5.11 Å². The first-order valence-corrected chi connectivity index (χ1v) is 4.58. The fourth-order valence-electron chi connectivity index (χ4n) is 1.15. The normalized spacial score (nSPS) is 12.8. The lowest BCUT2D eigenvalue weighted by Crippen LogP contribution is -2.20. The van der Waals surface area contributed by atoms with Crippen LogP contribution in [0.4, 0.5) is 0 Å². The highest BCUT2D eigenvalue weighted by atomic mass is 16.3. The quantitative estimate of drug-likeness (QED) is 0.667. The first-order chi connectivity index (χ1) is 6.34. The number of aliphatic hydroxyl groups is 1. The monoisotopic (exact) mass is 180 g/mol. The van der Waals surface area contributed by atoms with Crippen LogP contribution in [-0.4, -0.2) is 23.2 Å². The second-order valence-corrected chi connectivity index (χ2v) is 3.04. The molecule has 0 saturated heterocycles. The number of nitrogens with one attached hydrogen (secondary N) is 1. The lowest BCUT2D eigenvalue weighted by atomic mass is 10.1. The Bertz CT molecular complexity index is 226. The third kappa shape index (κ3) is 3.53. The van der Waals surface area contributed by atoms with Crippen LogP contribution in [0.2, 0.25) is 0 Å². The van der Waals surface area contributed by atoms with Gasteiger partial charge in [-0.05, 0) is 31.5 Å². The second kappa shape index (κ2) is 5.67. The van der Waals surface area contributed by atoms with Gasteiger partial charge in [0.25, 0.3) is 0 Å². The molecule has 0 saturated carbocycles. The summed E-state index contributed by atoms with van der Waals surface area (Å²) in [6.45, 7) is 3.17. The summed E-state index contributed by atoms with van der Waals surface area (Å²) in [6, 6.07) is 4.28. The Labute approximate surface area is 78.8 Å². The predicted molar refractivity (Wildman–Crippen MR) is 52.4 cm³/mol. The molecule has 1 atom stereocenters. The molecule has 72 valence electrons. The Morgan fingerprint density at radius 1 is 1.62 bits per heavy atom. The van der Waals surface area contributed by atoms with E-state index in [-0.39, 0.29) is 6.61 Å². The van der Waals surface area contributed by atoms with Gasteiger partial charge in [0.1, 0.15) is 0 Å². The highest BCUT2D eigenvalue weighted by Gasteiger charge is 2.02. The molecule has 3 heteroatoms. The molecule has 0 amide bonds. The Morgan fingerprint density at radius 3 is 3.08 bits per heavy atom. The summed E-state index contributed by atoms with van der Waals surface area (Å²) >= 11 is 0. The first-order valence-electron chi connectivity index (χ1n) is 4.58. The van der Waals surface area contributed by atoms with Gasteiger partial charge in [0, 0.05) is 25.0 Å². The van der Waals surface area contributed by atoms with Crippen LogP contribution in [0.25, 0.3) is 0 Å². The zero-order valence-corrected chi connectivity index (χ0v) is 7.90. The van der Waals surface area contributed by atoms with Crippen molar-refractivity contribution in [3.63, 3.8) is 0 Å². The van der Waals surface area contributed by atoms with E-state index in [9.17, 15) is 0 Å². The largest absolute Gasteiger partial charge is 0.396 e. The minimum atomic E-state index is 0.243. The number of hydrogen-bond donors (Lipinski definition) is 2. The van der Waals surface area contributed by atoms with E-state index in [0.717, 1.165) is 13.0 Å². The zero-order chi connectivity index (χ0) is 9.52. The summed E-state index contributed by atoms with van der Waals surface area (Å²) in [5.74, 6) is 0. The molecule has 0 spiro atoms. The van der Waals surface area contributed by atoms with Crippen LogP contribution in [0.3, 0.4) is 0 Å². The summed E-state index contributed by atoms with van der Waals surface area (Å²) < 4.78 is 0. The summed E-state index contributed by atoms with van der Waals surface area (Å²) in [6.07, 6.45) is 4.42. The molecule has 0 aliphatic heterocycles. The molecule has 0 aromatic carbocycles. The molecule has 0 fully saturated rings. The molecule has 1 rings (SSSR count). The fraction of sp³-hybridized carbons (Fsp3) is 0.500. The van der Waals surface area contributed by atoms with Gasteiger partial charge < -0.3 is 10.4 Å². The molecule has 0 aliphatic rings. The van der Waals surface area contributed by atoms with Crippen LogP contribution < -0.4 is 5.32 Å². The summed E-state index contributed by atoms with van der Waals surface area (Å²) in [5.41, 5.74) is 1.18.